The Morgan fingerprint density at radius 2 is 1.97 bits per heavy atom. The Balaban J connectivity index is 1.73. The summed E-state index contributed by atoms with van der Waals surface area (Å²) in [4.78, 5) is 37.3. The molecule has 10 heteroatoms. The fraction of sp³-hybridized carbons (Fsp3) is 0.261. The molecule has 10 nitrogen and oxygen atoms in total. The molecule has 3 rings (SSSR count). The average Bonchev–Trinajstić information content (AvgIpc) is 3.19. The first-order chi connectivity index (χ1) is 15.7. The van der Waals surface area contributed by atoms with Crippen LogP contribution in [0.2, 0.25) is 0 Å². The minimum atomic E-state index is -0.442. The average molecular weight is 451 g/mol. The quantitative estimate of drug-likeness (QED) is 0.412. The number of carbonyl (C=O) groups excluding carboxylic acids is 2. The number of hydrogen-bond donors (Lipinski definition) is 1. The van der Waals surface area contributed by atoms with Crippen molar-refractivity contribution in [3.05, 3.63) is 81.2 Å². The van der Waals surface area contributed by atoms with Crippen LogP contribution in [0.25, 0.3) is 0 Å². The van der Waals surface area contributed by atoms with Gasteiger partial charge in [0.25, 0.3) is 17.5 Å². The summed E-state index contributed by atoms with van der Waals surface area (Å²) in [6.45, 7) is 4.17. The highest BCUT2D eigenvalue weighted by Gasteiger charge is 2.21. The van der Waals surface area contributed by atoms with Gasteiger partial charge in [0.1, 0.15) is 18.1 Å². The normalized spacial score (nSPS) is 10.5. The molecular formula is C23H25N5O5. The maximum atomic E-state index is 12.9. The first kappa shape index (κ1) is 23.5. The van der Waals surface area contributed by atoms with Crippen molar-refractivity contribution < 1.29 is 19.2 Å². The van der Waals surface area contributed by atoms with Crippen molar-refractivity contribution in [2.45, 2.75) is 27.0 Å². The van der Waals surface area contributed by atoms with Crippen molar-refractivity contribution in [3.63, 3.8) is 0 Å². The second-order valence-corrected chi connectivity index (χ2v) is 7.57. The molecule has 0 unspecified atom stereocenters. The lowest BCUT2D eigenvalue weighted by Crippen LogP contribution is -2.26. The number of amides is 2. The fourth-order valence-electron chi connectivity index (χ4n) is 3.24. The number of carbonyl (C=O) groups is 2. The van der Waals surface area contributed by atoms with Crippen LogP contribution in [0, 0.1) is 17.0 Å². The van der Waals surface area contributed by atoms with Crippen LogP contribution < -0.4 is 10.1 Å². The standard InChI is InChI=1S/C23H25N5O5/c1-5-27-21(23(30)26(3)4)19(13-24-27)25-22(29)17-8-6-7-16(12-17)14-33-18-9-10-20(28(31)32)15(2)11-18/h6-13H,5,14H2,1-4H3,(H,25,29). The van der Waals surface area contributed by atoms with Crippen molar-refractivity contribution in [2.24, 2.45) is 0 Å². The number of hydrogen-bond acceptors (Lipinski definition) is 6. The molecule has 0 aliphatic heterocycles. The Kier molecular flexibility index (Phi) is 7.07. The monoisotopic (exact) mass is 451 g/mol. The number of anilines is 1. The maximum Gasteiger partial charge on any atom is 0.273 e. The lowest BCUT2D eigenvalue weighted by Gasteiger charge is -2.14. The minimum Gasteiger partial charge on any atom is -0.489 e. The number of benzene rings is 2. The molecule has 0 saturated heterocycles. The molecule has 0 saturated carbocycles. The molecule has 0 aliphatic carbocycles. The zero-order valence-electron chi connectivity index (χ0n) is 18.9. The molecule has 0 bridgehead atoms. The molecule has 33 heavy (non-hydrogen) atoms. The van der Waals surface area contributed by atoms with E-state index in [0.717, 1.165) is 5.56 Å². The molecule has 1 aromatic heterocycles. The van der Waals surface area contributed by atoms with E-state index in [0.29, 0.717) is 34.8 Å². The van der Waals surface area contributed by atoms with E-state index >= 15 is 0 Å². The molecule has 0 spiro atoms. The Morgan fingerprint density at radius 3 is 2.61 bits per heavy atom. The largest absolute Gasteiger partial charge is 0.489 e. The molecule has 2 aromatic carbocycles. The molecule has 0 radical (unpaired) electrons. The third kappa shape index (κ3) is 5.35. The van der Waals surface area contributed by atoms with Gasteiger partial charge in [0.05, 0.1) is 16.8 Å². The SMILES string of the molecule is CCn1ncc(NC(=O)c2cccc(COc3ccc([N+](=O)[O-])c(C)c3)c2)c1C(=O)N(C)C. The summed E-state index contributed by atoms with van der Waals surface area (Å²) in [5.74, 6) is -0.150. The highest BCUT2D eigenvalue weighted by atomic mass is 16.6. The first-order valence-corrected chi connectivity index (χ1v) is 10.3. The third-order valence-corrected chi connectivity index (χ3v) is 4.96. The summed E-state index contributed by atoms with van der Waals surface area (Å²) >= 11 is 0. The Hall–Kier alpha value is -4.21. The van der Waals surface area contributed by atoms with E-state index < -0.39 is 4.92 Å². The van der Waals surface area contributed by atoms with Crippen LogP contribution in [0.3, 0.4) is 0 Å². The maximum absolute atomic E-state index is 12.9. The van der Waals surface area contributed by atoms with E-state index in [1.807, 2.05) is 13.0 Å². The van der Waals surface area contributed by atoms with Crippen molar-refractivity contribution in [2.75, 3.05) is 19.4 Å². The second-order valence-electron chi connectivity index (χ2n) is 7.57. The van der Waals surface area contributed by atoms with Gasteiger partial charge in [-0.1, -0.05) is 12.1 Å². The van der Waals surface area contributed by atoms with Crippen molar-refractivity contribution in [1.29, 1.82) is 0 Å². The van der Waals surface area contributed by atoms with E-state index in [9.17, 15) is 19.7 Å². The number of ether oxygens (including phenoxy) is 1. The van der Waals surface area contributed by atoms with Gasteiger partial charge in [0.2, 0.25) is 0 Å². The number of aryl methyl sites for hydroxylation is 2. The molecular weight excluding hydrogens is 426 g/mol. The smallest absolute Gasteiger partial charge is 0.273 e. The predicted molar refractivity (Wildman–Crippen MR) is 122 cm³/mol. The van der Waals surface area contributed by atoms with Gasteiger partial charge in [-0.3, -0.25) is 24.4 Å². The third-order valence-electron chi connectivity index (χ3n) is 4.96. The van der Waals surface area contributed by atoms with Gasteiger partial charge in [-0.15, -0.1) is 0 Å². The lowest BCUT2D eigenvalue weighted by molar-refractivity contribution is -0.385. The molecule has 3 aromatic rings. The van der Waals surface area contributed by atoms with Gasteiger partial charge in [-0.2, -0.15) is 5.10 Å². The van der Waals surface area contributed by atoms with Crippen LogP contribution in [0.1, 0.15) is 38.9 Å². The van der Waals surface area contributed by atoms with E-state index in [1.54, 1.807) is 45.3 Å². The van der Waals surface area contributed by atoms with Gasteiger partial charge in [0, 0.05) is 37.8 Å². The van der Waals surface area contributed by atoms with E-state index in [-0.39, 0.29) is 24.1 Å². The zero-order valence-corrected chi connectivity index (χ0v) is 18.9. The number of rotatable bonds is 8. The Morgan fingerprint density at radius 1 is 1.21 bits per heavy atom. The van der Waals surface area contributed by atoms with Gasteiger partial charge in [-0.25, -0.2) is 0 Å². The van der Waals surface area contributed by atoms with Gasteiger partial charge < -0.3 is 15.0 Å². The van der Waals surface area contributed by atoms with Gasteiger partial charge in [0.15, 0.2) is 0 Å². The van der Waals surface area contributed by atoms with E-state index in [1.165, 1.54) is 27.9 Å². The first-order valence-electron chi connectivity index (χ1n) is 10.3. The Bertz CT molecular complexity index is 1200. The lowest BCUT2D eigenvalue weighted by atomic mass is 10.1. The van der Waals surface area contributed by atoms with Crippen LogP contribution in [-0.2, 0) is 13.2 Å². The Labute approximate surface area is 190 Å². The summed E-state index contributed by atoms with van der Waals surface area (Å²) in [6.07, 6.45) is 1.46. The minimum absolute atomic E-state index is 0.0273. The number of aromatic nitrogens is 2. The number of nitro groups is 1. The molecule has 0 fully saturated rings. The summed E-state index contributed by atoms with van der Waals surface area (Å²) in [5.41, 5.74) is 2.31. The molecule has 0 atom stereocenters. The van der Waals surface area contributed by atoms with Crippen LogP contribution in [-0.4, -0.2) is 45.5 Å². The molecule has 2 amide bonds. The highest BCUT2D eigenvalue weighted by Crippen LogP contribution is 2.24. The molecule has 0 aliphatic rings. The summed E-state index contributed by atoms with van der Waals surface area (Å²) < 4.78 is 7.27. The predicted octanol–water partition coefficient (Wildman–Crippen LogP) is 3.65. The summed E-state index contributed by atoms with van der Waals surface area (Å²) in [5, 5.41) is 17.9. The van der Waals surface area contributed by atoms with Crippen molar-refractivity contribution in [1.82, 2.24) is 14.7 Å². The molecule has 1 heterocycles. The fourth-order valence-corrected chi connectivity index (χ4v) is 3.24. The molecule has 172 valence electrons. The molecule has 1 N–H and O–H groups in total. The number of nitro benzene ring substituents is 1. The van der Waals surface area contributed by atoms with E-state index in [2.05, 4.69) is 10.4 Å². The van der Waals surface area contributed by atoms with E-state index in [4.69, 9.17) is 4.74 Å². The highest BCUT2D eigenvalue weighted by molar-refractivity contribution is 6.08. The second kappa shape index (κ2) is 9.94. The van der Waals surface area contributed by atoms with Gasteiger partial charge >= 0.3 is 0 Å². The number of nitrogens with one attached hydrogen (secondary N) is 1. The van der Waals surface area contributed by atoms with Crippen LogP contribution in [0.15, 0.2) is 48.7 Å². The summed E-state index contributed by atoms with van der Waals surface area (Å²) in [6, 6.07) is 11.4. The number of nitrogens with zero attached hydrogens (tertiary/aromatic N) is 4. The van der Waals surface area contributed by atoms with Crippen LogP contribution >= 0.6 is 0 Å². The van der Waals surface area contributed by atoms with Gasteiger partial charge in [-0.05, 0) is 43.7 Å². The van der Waals surface area contributed by atoms with Crippen LogP contribution in [0.5, 0.6) is 5.75 Å². The van der Waals surface area contributed by atoms with Crippen LogP contribution in [0.4, 0.5) is 11.4 Å². The topological polar surface area (TPSA) is 120 Å². The van der Waals surface area contributed by atoms with Crippen molar-refractivity contribution >= 4 is 23.2 Å². The van der Waals surface area contributed by atoms with Crippen molar-refractivity contribution in [3.8, 4) is 5.75 Å². The summed E-state index contributed by atoms with van der Waals surface area (Å²) in [7, 11) is 3.27. The zero-order chi connectivity index (χ0) is 24.1.